The van der Waals surface area contributed by atoms with Crippen LogP contribution in [0.5, 0.6) is 5.75 Å². The summed E-state index contributed by atoms with van der Waals surface area (Å²) in [6.45, 7) is 11.4. The molecule has 0 heterocycles. The fraction of sp³-hybridized carbons (Fsp3) is 0.368. The van der Waals surface area contributed by atoms with E-state index >= 15 is 0 Å². The van der Waals surface area contributed by atoms with Crippen LogP contribution in [0, 0.1) is 0 Å². The summed E-state index contributed by atoms with van der Waals surface area (Å²) in [6, 6.07) is 7.77. The standard InChI is InChI=1S/C11H16O2.C8H12O/c1-11(2,8-12)9-6-4-5-7-10(9)13-3;1-3-5-8(4-2)6-7-9/h4-7,12H,8H2,1-3H3;3-5,9H,1-2,6-7H2/b;8-5+. The molecule has 0 fully saturated rings. The Hall–Kier alpha value is -1.84. The maximum absolute atomic E-state index is 9.21. The van der Waals surface area contributed by atoms with Gasteiger partial charge >= 0.3 is 0 Å². The SMILES string of the molecule is C=C/C=C(\C=C)CCO.COc1ccccc1C(C)(C)CO. The Labute approximate surface area is 134 Å². The van der Waals surface area contributed by atoms with Crippen LogP contribution in [-0.4, -0.2) is 30.5 Å². The summed E-state index contributed by atoms with van der Waals surface area (Å²) in [5.41, 5.74) is 1.82. The summed E-state index contributed by atoms with van der Waals surface area (Å²) in [6.07, 6.45) is 5.91. The van der Waals surface area contributed by atoms with E-state index in [1.54, 1.807) is 19.3 Å². The number of aliphatic hydroxyl groups excluding tert-OH is 2. The molecule has 1 aromatic carbocycles. The predicted octanol–water partition coefficient (Wildman–Crippen LogP) is 3.63. The molecule has 0 saturated carbocycles. The van der Waals surface area contributed by atoms with Gasteiger partial charge < -0.3 is 14.9 Å². The van der Waals surface area contributed by atoms with Crippen LogP contribution in [0.2, 0.25) is 0 Å². The lowest BCUT2D eigenvalue weighted by molar-refractivity contribution is 0.215. The van der Waals surface area contributed by atoms with Gasteiger partial charge in [0, 0.05) is 17.6 Å². The minimum atomic E-state index is -0.243. The number of para-hydroxylation sites is 1. The molecule has 122 valence electrons. The van der Waals surface area contributed by atoms with Crippen LogP contribution in [0.1, 0.15) is 25.8 Å². The number of benzene rings is 1. The first-order valence-corrected chi connectivity index (χ1v) is 7.26. The molecule has 2 N–H and O–H groups in total. The average Bonchev–Trinajstić information content (AvgIpc) is 2.55. The summed E-state index contributed by atoms with van der Waals surface area (Å²) >= 11 is 0. The van der Waals surface area contributed by atoms with Gasteiger partial charge in [-0.05, 0) is 18.1 Å². The van der Waals surface area contributed by atoms with E-state index in [2.05, 4.69) is 13.2 Å². The zero-order valence-corrected chi connectivity index (χ0v) is 13.9. The molecule has 0 aliphatic carbocycles. The van der Waals surface area contributed by atoms with Crippen LogP contribution in [0.15, 0.2) is 61.2 Å². The van der Waals surface area contributed by atoms with Gasteiger partial charge in [-0.15, -0.1) is 0 Å². The maximum atomic E-state index is 9.21. The molecule has 0 spiro atoms. The summed E-state index contributed by atoms with van der Waals surface area (Å²) in [7, 11) is 1.65. The molecule has 3 heteroatoms. The average molecular weight is 304 g/mol. The van der Waals surface area contributed by atoms with Gasteiger partial charge in [0.1, 0.15) is 5.75 Å². The minimum Gasteiger partial charge on any atom is -0.496 e. The van der Waals surface area contributed by atoms with Crippen LogP contribution in [0.3, 0.4) is 0 Å². The van der Waals surface area contributed by atoms with Gasteiger partial charge in [0.15, 0.2) is 0 Å². The summed E-state index contributed by atoms with van der Waals surface area (Å²) in [4.78, 5) is 0. The maximum Gasteiger partial charge on any atom is 0.122 e. The van der Waals surface area contributed by atoms with E-state index < -0.39 is 0 Å². The molecule has 0 bridgehead atoms. The van der Waals surface area contributed by atoms with Gasteiger partial charge in [0.25, 0.3) is 0 Å². The van der Waals surface area contributed by atoms with Gasteiger partial charge in [-0.25, -0.2) is 0 Å². The lowest BCUT2D eigenvalue weighted by Gasteiger charge is -2.24. The third kappa shape index (κ3) is 6.74. The second-order valence-electron chi connectivity index (χ2n) is 5.40. The number of hydrogen-bond acceptors (Lipinski definition) is 3. The Balaban J connectivity index is 0.000000433. The molecule has 0 aliphatic rings. The monoisotopic (exact) mass is 304 g/mol. The first-order chi connectivity index (χ1) is 10.5. The van der Waals surface area contributed by atoms with Gasteiger partial charge in [-0.3, -0.25) is 0 Å². The van der Waals surface area contributed by atoms with Gasteiger partial charge in [0.2, 0.25) is 0 Å². The third-order valence-electron chi connectivity index (χ3n) is 3.23. The molecule has 0 atom stereocenters. The third-order valence-corrected chi connectivity index (χ3v) is 3.23. The number of rotatable bonds is 7. The van der Waals surface area contributed by atoms with Gasteiger partial charge in [-0.2, -0.15) is 0 Å². The molecule has 0 aliphatic heterocycles. The highest BCUT2D eigenvalue weighted by atomic mass is 16.5. The normalized spacial score (nSPS) is 11.2. The van der Waals surface area contributed by atoms with Crippen molar-refractivity contribution in [1.29, 1.82) is 0 Å². The molecule has 3 nitrogen and oxygen atoms in total. The summed E-state index contributed by atoms with van der Waals surface area (Å²) in [5.74, 6) is 0.835. The number of ether oxygens (including phenoxy) is 1. The van der Waals surface area contributed by atoms with Crippen molar-refractivity contribution in [1.82, 2.24) is 0 Å². The number of allylic oxidation sites excluding steroid dienone is 3. The highest BCUT2D eigenvalue weighted by Gasteiger charge is 2.22. The van der Waals surface area contributed by atoms with Crippen LogP contribution < -0.4 is 4.74 Å². The Kier molecular flexibility index (Phi) is 9.92. The second-order valence-corrected chi connectivity index (χ2v) is 5.40. The lowest BCUT2D eigenvalue weighted by atomic mass is 9.85. The van der Waals surface area contributed by atoms with Crippen molar-refractivity contribution < 1.29 is 14.9 Å². The molecule has 22 heavy (non-hydrogen) atoms. The smallest absolute Gasteiger partial charge is 0.122 e. The number of methoxy groups -OCH3 is 1. The van der Waals surface area contributed by atoms with E-state index in [9.17, 15) is 5.11 Å². The molecule has 0 radical (unpaired) electrons. The van der Waals surface area contributed by atoms with E-state index in [-0.39, 0.29) is 18.6 Å². The molecule has 1 rings (SSSR count). The molecule has 0 unspecified atom stereocenters. The van der Waals surface area contributed by atoms with Crippen molar-refractivity contribution in [2.24, 2.45) is 0 Å². The Morgan fingerprint density at radius 1 is 1.23 bits per heavy atom. The van der Waals surface area contributed by atoms with Crippen LogP contribution in [-0.2, 0) is 5.41 Å². The quantitative estimate of drug-likeness (QED) is 0.756. The first-order valence-electron chi connectivity index (χ1n) is 7.26. The van der Waals surface area contributed by atoms with Crippen molar-refractivity contribution in [3.8, 4) is 5.75 Å². The lowest BCUT2D eigenvalue weighted by Crippen LogP contribution is -2.22. The molecule has 0 saturated heterocycles. The molecular formula is C19H28O3. The topological polar surface area (TPSA) is 49.7 Å². The van der Waals surface area contributed by atoms with E-state index in [1.807, 2.05) is 44.2 Å². The predicted molar refractivity (Wildman–Crippen MR) is 93.3 cm³/mol. The number of hydrogen-bond donors (Lipinski definition) is 2. The fourth-order valence-electron chi connectivity index (χ4n) is 1.82. The summed E-state index contributed by atoms with van der Waals surface area (Å²) < 4.78 is 5.22. The van der Waals surface area contributed by atoms with E-state index in [0.29, 0.717) is 6.42 Å². The van der Waals surface area contributed by atoms with Gasteiger partial charge in [-0.1, -0.05) is 63.4 Å². The Bertz CT molecular complexity index is 487. The minimum absolute atomic E-state index is 0.118. The molecule has 0 amide bonds. The van der Waals surface area contributed by atoms with Crippen molar-refractivity contribution in [2.75, 3.05) is 20.3 Å². The van der Waals surface area contributed by atoms with Crippen molar-refractivity contribution in [3.05, 3.63) is 66.8 Å². The summed E-state index contributed by atoms with van der Waals surface area (Å²) in [5, 5.41) is 17.7. The zero-order valence-electron chi connectivity index (χ0n) is 13.9. The molecular weight excluding hydrogens is 276 g/mol. The Morgan fingerprint density at radius 3 is 2.32 bits per heavy atom. The van der Waals surface area contributed by atoms with E-state index in [4.69, 9.17) is 9.84 Å². The highest BCUT2D eigenvalue weighted by Crippen LogP contribution is 2.30. The van der Waals surface area contributed by atoms with Crippen molar-refractivity contribution in [3.63, 3.8) is 0 Å². The van der Waals surface area contributed by atoms with E-state index in [0.717, 1.165) is 16.9 Å². The van der Waals surface area contributed by atoms with E-state index in [1.165, 1.54) is 0 Å². The highest BCUT2D eigenvalue weighted by molar-refractivity contribution is 5.38. The van der Waals surface area contributed by atoms with Crippen molar-refractivity contribution in [2.45, 2.75) is 25.7 Å². The number of aliphatic hydroxyl groups is 2. The van der Waals surface area contributed by atoms with Crippen LogP contribution in [0.25, 0.3) is 0 Å². The molecule has 1 aromatic rings. The Morgan fingerprint density at radius 2 is 1.86 bits per heavy atom. The molecule has 0 aromatic heterocycles. The van der Waals surface area contributed by atoms with Crippen LogP contribution >= 0.6 is 0 Å². The largest absolute Gasteiger partial charge is 0.496 e. The van der Waals surface area contributed by atoms with Crippen molar-refractivity contribution >= 4 is 0 Å². The fourth-order valence-corrected chi connectivity index (χ4v) is 1.82. The van der Waals surface area contributed by atoms with Gasteiger partial charge in [0.05, 0.1) is 13.7 Å². The van der Waals surface area contributed by atoms with Crippen LogP contribution in [0.4, 0.5) is 0 Å². The first kappa shape index (κ1) is 20.2. The zero-order chi connectivity index (χ0) is 17.0. The second kappa shape index (κ2) is 10.8.